The first kappa shape index (κ1) is 26.2. The third-order valence-electron chi connectivity index (χ3n) is 7.09. The molecule has 0 radical (unpaired) electrons. The SMILES string of the molecule is Cc1n([C@@H]2CC[C@H](C(C(N)=O)(c3ccccc3)c3ccccc3)C2)cc[n+]1CCC(F)(F)F.[I-]. The predicted octanol–water partition coefficient (Wildman–Crippen LogP) is 1.85. The van der Waals surface area contributed by atoms with Gasteiger partial charge in [-0.1, -0.05) is 60.7 Å². The van der Waals surface area contributed by atoms with Crippen molar-refractivity contribution in [1.29, 1.82) is 0 Å². The van der Waals surface area contributed by atoms with Crippen LogP contribution in [-0.2, 0) is 16.8 Å². The lowest BCUT2D eigenvalue weighted by atomic mass is 9.64. The standard InChI is InChI=1S/C26H28F3N3O.HI/c1-19-31(15-14-25(27,28)29)16-17-32(19)23-13-12-22(18-23)26(24(30)33,20-8-4-2-5-9-20)21-10-6-3-7-11-21;/h2-11,16-17,22-23H,12-15,18H2,1H3,(H-,30,33);1H/t22-,23+;/m0./s1. The molecule has 182 valence electrons. The minimum Gasteiger partial charge on any atom is -1.00 e. The average Bonchev–Trinajstić information content (AvgIpc) is 3.41. The lowest BCUT2D eigenvalue weighted by Gasteiger charge is -2.37. The lowest BCUT2D eigenvalue weighted by molar-refractivity contribution is -0.705. The molecule has 0 bridgehead atoms. The summed E-state index contributed by atoms with van der Waals surface area (Å²) in [4.78, 5) is 13.2. The van der Waals surface area contributed by atoms with Crippen molar-refractivity contribution >= 4 is 5.91 Å². The number of primary amides is 1. The van der Waals surface area contributed by atoms with Crippen LogP contribution in [0.4, 0.5) is 13.2 Å². The van der Waals surface area contributed by atoms with Gasteiger partial charge in [-0.2, -0.15) is 13.2 Å². The summed E-state index contributed by atoms with van der Waals surface area (Å²) in [6, 6.07) is 19.4. The molecule has 1 aliphatic rings. The second-order valence-corrected chi connectivity index (χ2v) is 8.88. The van der Waals surface area contributed by atoms with Gasteiger partial charge in [0.25, 0.3) is 5.82 Å². The van der Waals surface area contributed by atoms with Crippen molar-refractivity contribution in [2.45, 2.75) is 56.8 Å². The Morgan fingerprint density at radius 3 is 2.09 bits per heavy atom. The van der Waals surface area contributed by atoms with Crippen LogP contribution in [0.1, 0.15) is 48.7 Å². The fourth-order valence-electron chi connectivity index (χ4n) is 5.52. The molecule has 4 nitrogen and oxygen atoms in total. The summed E-state index contributed by atoms with van der Waals surface area (Å²) in [6.07, 6.45) is 0.849. The van der Waals surface area contributed by atoms with Crippen LogP contribution in [0.2, 0.25) is 0 Å². The molecule has 0 unspecified atom stereocenters. The zero-order valence-electron chi connectivity index (χ0n) is 19.0. The average molecular weight is 583 g/mol. The van der Waals surface area contributed by atoms with E-state index in [1.807, 2.05) is 73.8 Å². The van der Waals surface area contributed by atoms with E-state index >= 15 is 0 Å². The zero-order chi connectivity index (χ0) is 23.6. The summed E-state index contributed by atoms with van der Waals surface area (Å²) in [5, 5.41) is 0. The molecule has 1 aromatic heterocycles. The number of amides is 1. The summed E-state index contributed by atoms with van der Waals surface area (Å²) < 4.78 is 41.8. The van der Waals surface area contributed by atoms with Gasteiger partial charge >= 0.3 is 6.18 Å². The number of hydrogen-bond acceptors (Lipinski definition) is 1. The van der Waals surface area contributed by atoms with Crippen LogP contribution >= 0.6 is 0 Å². The van der Waals surface area contributed by atoms with Crippen LogP contribution in [0.3, 0.4) is 0 Å². The summed E-state index contributed by atoms with van der Waals surface area (Å²) >= 11 is 0. The lowest BCUT2D eigenvalue weighted by Crippen LogP contribution is -3.00. The number of carbonyl (C=O) groups excluding carboxylic acids is 1. The summed E-state index contributed by atoms with van der Waals surface area (Å²) in [5.74, 6) is 0.374. The van der Waals surface area contributed by atoms with E-state index in [-0.39, 0.29) is 48.4 Å². The molecule has 34 heavy (non-hydrogen) atoms. The number of nitrogens with zero attached hydrogens (tertiary/aromatic N) is 2. The third-order valence-corrected chi connectivity index (χ3v) is 7.09. The number of halogens is 4. The Kier molecular flexibility index (Phi) is 8.10. The van der Waals surface area contributed by atoms with Gasteiger partial charge in [-0.05, 0) is 36.3 Å². The molecule has 1 aliphatic carbocycles. The minimum absolute atomic E-state index is 0. The number of rotatable bonds is 7. The van der Waals surface area contributed by atoms with Gasteiger partial charge in [0.05, 0.1) is 13.0 Å². The van der Waals surface area contributed by atoms with E-state index in [0.29, 0.717) is 6.42 Å². The molecule has 8 heteroatoms. The molecule has 0 aliphatic heterocycles. The molecule has 4 rings (SSSR count). The maximum Gasteiger partial charge on any atom is 0.392 e. The van der Waals surface area contributed by atoms with E-state index in [0.717, 1.165) is 29.8 Å². The second-order valence-electron chi connectivity index (χ2n) is 8.88. The van der Waals surface area contributed by atoms with E-state index in [2.05, 4.69) is 4.57 Å². The van der Waals surface area contributed by atoms with Crippen molar-refractivity contribution in [2.75, 3.05) is 0 Å². The van der Waals surface area contributed by atoms with E-state index in [1.54, 1.807) is 10.8 Å². The molecular formula is C26H29F3IN3O. The van der Waals surface area contributed by atoms with Gasteiger partial charge in [0, 0.05) is 6.92 Å². The monoisotopic (exact) mass is 583 g/mol. The molecule has 2 N–H and O–H groups in total. The first-order valence-electron chi connectivity index (χ1n) is 11.3. The minimum atomic E-state index is -4.19. The molecule has 2 aromatic carbocycles. The van der Waals surface area contributed by atoms with E-state index < -0.39 is 18.0 Å². The first-order valence-corrected chi connectivity index (χ1v) is 11.3. The number of aromatic nitrogens is 2. The van der Waals surface area contributed by atoms with Crippen molar-refractivity contribution in [1.82, 2.24) is 4.57 Å². The van der Waals surface area contributed by atoms with Crippen LogP contribution in [0.15, 0.2) is 73.1 Å². The Morgan fingerprint density at radius 2 is 1.59 bits per heavy atom. The molecule has 1 saturated carbocycles. The number of aryl methyl sites for hydroxylation is 1. The topological polar surface area (TPSA) is 51.9 Å². The fraction of sp³-hybridized carbons (Fsp3) is 0.385. The van der Waals surface area contributed by atoms with Gasteiger partial charge in [0.15, 0.2) is 0 Å². The van der Waals surface area contributed by atoms with Gasteiger partial charge in [0.1, 0.15) is 23.9 Å². The van der Waals surface area contributed by atoms with Gasteiger partial charge in [-0.15, -0.1) is 0 Å². The number of imidazole rings is 1. The maximum absolute atomic E-state index is 13.2. The maximum atomic E-state index is 13.2. The van der Waals surface area contributed by atoms with Crippen molar-refractivity contribution in [3.05, 3.63) is 90.0 Å². The van der Waals surface area contributed by atoms with E-state index in [9.17, 15) is 18.0 Å². The molecular weight excluding hydrogens is 554 g/mol. The Bertz CT molecular complexity index is 1060. The predicted molar refractivity (Wildman–Crippen MR) is 119 cm³/mol. The summed E-state index contributed by atoms with van der Waals surface area (Å²) in [5.41, 5.74) is 6.94. The van der Waals surface area contributed by atoms with Crippen molar-refractivity contribution < 1.29 is 46.5 Å². The highest BCUT2D eigenvalue weighted by molar-refractivity contribution is 5.91. The summed E-state index contributed by atoms with van der Waals surface area (Å²) in [7, 11) is 0. The number of carbonyl (C=O) groups is 1. The molecule has 1 fully saturated rings. The Balaban J connectivity index is 0.00000324. The number of nitrogens with two attached hydrogens (primary N) is 1. The van der Waals surface area contributed by atoms with Crippen molar-refractivity contribution in [3.63, 3.8) is 0 Å². The highest BCUT2D eigenvalue weighted by Crippen LogP contribution is 2.49. The number of alkyl halides is 3. The first-order chi connectivity index (χ1) is 15.7. The zero-order valence-corrected chi connectivity index (χ0v) is 21.2. The van der Waals surface area contributed by atoms with Gasteiger partial charge in [0.2, 0.25) is 5.91 Å². The molecule has 1 heterocycles. The Morgan fingerprint density at radius 1 is 1.03 bits per heavy atom. The van der Waals surface area contributed by atoms with Gasteiger partial charge in [-0.25, -0.2) is 9.13 Å². The van der Waals surface area contributed by atoms with Crippen molar-refractivity contribution in [3.8, 4) is 0 Å². The summed E-state index contributed by atoms with van der Waals surface area (Å²) in [6.45, 7) is 1.75. The van der Waals surface area contributed by atoms with Crippen LogP contribution in [0.25, 0.3) is 0 Å². The fourth-order valence-corrected chi connectivity index (χ4v) is 5.52. The molecule has 0 saturated heterocycles. The van der Waals surface area contributed by atoms with E-state index in [4.69, 9.17) is 5.73 Å². The molecule has 2 atom stereocenters. The Labute approximate surface area is 215 Å². The smallest absolute Gasteiger partial charge is 0.392 e. The van der Waals surface area contributed by atoms with E-state index in [1.165, 1.54) is 0 Å². The van der Waals surface area contributed by atoms with Gasteiger partial charge in [-0.3, -0.25) is 4.79 Å². The van der Waals surface area contributed by atoms with Gasteiger partial charge < -0.3 is 29.7 Å². The van der Waals surface area contributed by atoms with Crippen molar-refractivity contribution in [2.24, 2.45) is 11.7 Å². The Hall–Kier alpha value is -2.36. The quantitative estimate of drug-likeness (QED) is 0.335. The molecule has 0 spiro atoms. The largest absolute Gasteiger partial charge is 1.00 e. The second kappa shape index (κ2) is 10.5. The van der Waals surface area contributed by atoms with Crippen LogP contribution < -0.4 is 34.3 Å². The third kappa shape index (κ3) is 5.01. The van der Waals surface area contributed by atoms with Crippen LogP contribution in [0.5, 0.6) is 0 Å². The number of benzene rings is 2. The number of hydrogen-bond donors (Lipinski definition) is 1. The highest BCUT2D eigenvalue weighted by Gasteiger charge is 2.51. The van der Waals surface area contributed by atoms with Crippen LogP contribution in [0, 0.1) is 12.8 Å². The normalized spacial score (nSPS) is 18.5. The molecule has 1 amide bonds. The molecule has 3 aromatic rings. The van der Waals surface area contributed by atoms with Crippen LogP contribution in [-0.4, -0.2) is 16.7 Å². The highest BCUT2D eigenvalue weighted by atomic mass is 127.